The number of ether oxygens (including phenoxy) is 3. The average molecular weight is 520 g/mol. The lowest BCUT2D eigenvalue weighted by atomic mass is 10.1. The largest absolute Gasteiger partial charge is 0.457 e. The highest BCUT2D eigenvalue weighted by Gasteiger charge is 2.21. The van der Waals surface area contributed by atoms with Crippen LogP contribution < -0.4 is 9.47 Å². The second kappa shape index (κ2) is 10.1. The molecule has 0 radical (unpaired) electrons. The van der Waals surface area contributed by atoms with Crippen molar-refractivity contribution in [2.75, 3.05) is 19.2 Å². The van der Waals surface area contributed by atoms with Gasteiger partial charge in [-0.05, 0) is 73.5 Å². The van der Waals surface area contributed by atoms with Crippen molar-refractivity contribution in [1.82, 2.24) is 24.8 Å². The molecule has 0 amide bonds. The monoisotopic (exact) mass is 519 g/mol. The molecule has 5 rings (SSSR count). The summed E-state index contributed by atoms with van der Waals surface area (Å²) in [6.45, 7) is 7.56. The van der Waals surface area contributed by atoms with Gasteiger partial charge in [0, 0.05) is 28.7 Å². The zero-order chi connectivity index (χ0) is 26.1. The van der Waals surface area contributed by atoms with Gasteiger partial charge in [0.2, 0.25) is 17.7 Å². The van der Waals surface area contributed by atoms with Crippen LogP contribution in [0.5, 0.6) is 11.5 Å². The average Bonchev–Trinajstić information content (AvgIpc) is 3.61. The first-order valence-electron chi connectivity index (χ1n) is 11.6. The molecule has 190 valence electrons. The topological polar surface area (TPSA) is 110 Å². The van der Waals surface area contributed by atoms with Gasteiger partial charge in [-0.2, -0.15) is 4.68 Å². The van der Waals surface area contributed by atoms with Crippen molar-refractivity contribution in [3.05, 3.63) is 70.5 Å². The molecule has 4 aromatic rings. The SMILES string of the molecule is Cc1ccc(C)c(-n2nnnc2SCC(=O)OCC(=O)c2cc(C)n(-c3ccc4c(c3)OCO4)c2C)c1. The van der Waals surface area contributed by atoms with Crippen molar-refractivity contribution in [1.29, 1.82) is 0 Å². The van der Waals surface area contributed by atoms with E-state index in [9.17, 15) is 9.59 Å². The molecule has 0 unspecified atom stereocenters. The Kier molecular flexibility index (Phi) is 6.70. The molecule has 0 saturated carbocycles. The van der Waals surface area contributed by atoms with Crippen molar-refractivity contribution in [2.24, 2.45) is 0 Å². The Morgan fingerprint density at radius 1 is 1.03 bits per heavy atom. The van der Waals surface area contributed by atoms with Gasteiger partial charge in [-0.3, -0.25) is 9.59 Å². The first-order valence-corrected chi connectivity index (χ1v) is 12.6. The molecule has 0 bridgehead atoms. The summed E-state index contributed by atoms with van der Waals surface area (Å²) in [5.41, 5.74) is 5.89. The summed E-state index contributed by atoms with van der Waals surface area (Å²) in [6.07, 6.45) is 0. The van der Waals surface area contributed by atoms with Crippen LogP contribution in [0.1, 0.15) is 32.9 Å². The summed E-state index contributed by atoms with van der Waals surface area (Å²) in [4.78, 5) is 25.3. The number of esters is 1. The van der Waals surface area contributed by atoms with Gasteiger partial charge in [0.1, 0.15) is 0 Å². The normalized spacial score (nSPS) is 12.1. The number of carbonyl (C=O) groups is 2. The number of tetrazole rings is 1. The summed E-state index contributed by atoms with van der Waals surface area (Å²) in [5.74, 6) is 0.509. The summed E-state index contributed by atoms with van der Waals surface area (Å²) in [7, 11) is 0. The maximum absolute atomic E-state index is 12.9. The van der Waals surface area contributed by atoms with Gasteiger partial charge in [-0.25, -0.2) is 0 Å². The molecule has 0 aliphatic carbocycles. The van der Waals surface area contributed by atoms with E-state index < -0.39 is 5.97 Å². The van der Waals surface area contributed by atoms with Gasteiger partial charge in [-0.15, -0.1) is 5.10 Å². The van der Waals surface area contributed by atoms with Crippen LogP contribution in [0.25, 0.3) is 11.4 Å². The number of aryl methyl sites for hydroxylation is 3. The molecule has 37 heavy (non-hydrogen) atoms. The van der Waals surface area contributed by atoms with E-state index in [4.69, 9.17) is 14.2 Å². The number of hydrogen-bond donors (Lipinski definition) is 0. The number of thioether (sulfide) groups is 1. The van der Waals surface area contributed by atoms with Crippen molar-refractivity contribution in [3.8, 4) is 22.9 Å². The lowest BCUT2D eigenvalue weighted by Crippen LogP contribution is -2.16. The number of fused-ring (bicyclic) bond motifs is 1. The van der Waals surface area contributed by atoms with Crippen LogP contribution in [0.3, 0.4) is 0 Å². The van der Waals surface area contributed by atoms with E-state index in [2.05, 4.69) is 15.5 Å². The highest BCUT2D eigenvalue weighted by Crippen LogP contribution is 2.35. The van der Waals surface area contributed by atoms with Crippen molar-refractivity contribution in [3.63, 3.8) is 0 Å². The molecular weight excluding hydrogens is 494 g/mol. The fraction of sp³-hybridized carbons (Fsp3) is 0.269. The molecule has 0 fully saturated rings. The highest BCUT2D eigenvalue weighted by molar-refractivity contribution is 7.99. The van der Waals surface area contributed by atoms with Crippen LogP contribution in [-0.2, 0) is 9.53 Å². The molecule has 0 atom stereocenters. The molecule has 0 spiro atoms. The predicted molar refractivity (Wildman–Crippen MR) is 136 cm³/mol. The van der Waals surface area contributed by atoms with E-state index in [1.807, 2.05) is 68.7 Å². The smallest absolute Gasteiger partial charge is 0.316 e. The number of aromatic nitrogens is 5. The molecule has 11 heteroatoms. The van der Waals surface area contributed by atoms with Gasteiger partial charge in [0.15, 0.2) is 18.1 Å². The van der Waals surface area contributed by atoms with Crippen LogP contribution in [-0.4, -0.2) is 55.7 Å². The minimum absolute atomic E-state index is 0.0330. The van der Waals surface area contributed by atoms with Crippen LogP contribution in [0.2, 0.25) is 0 Å². The lowest BCUT2D eigenvalue weighted by molar-refractivity contribution is -0.139. The molecule has 10 nitrogen and oxygen atoms in total. The Labute approximate surface area is 217 Å². The molecule has 0 N–H and O–H groups in total. The number of benzene rings is 2. The maximum Gasteiger partial charge on any atom is 0.316 e. The number of rotatable bonds is 8. The third kappa shape index (κ3) is 4.94. The Morgan fingerprint density at radius 2 is 1.84 bits per heavy atom. The van der Waals surface area contributed by atoms with Gasteiger partial charge in [0.25, 0.3) is 0 Å². The second-order valence-corrected chi connectivity index (χ2v) is 9.64. The lowest BCUT2D eigenvalue weighted by Gasteiger charge is -2.11. The maximum atomic E-state index is 12.9. The third-order valence-electron chi connectivity index (χ3n) is 6.06. The Balaban J connectivity index is 1.22. The fourth-order valence-electron chi connectivity index (χ4n) is 4.22. The van der Waals surface area contributed by atoms with Crippen LogP contribution in [0, 0.1) is 27.7 Å². The third-order valence-corrected chi connectivity index (χ3v) is 6.96. The standard InChI is InChI=1S/C26H25N5O5S/c1-15-5-6-16(2)21(9-15)31-26(27-28-29-31)37-13-25(33)34-12-22(32)20-10-17(3)30(18(20)4)19-7-8-23-24(11-19)36-14-35-23/h5-11H,12-14H2,1-4H3. The summed E-state index contributed by atoms with van der Waals surface area (Å²) < 4.78 is 19.7. The first-order chi connectivity index (χ1) is 17.8. The van der Waals surface area contributed by atoms with E-state index in [1.165, 1.54) is 0 Å². The first kappa shape index (κ1) is 24.6. The van der Waals surface area contributed by atoms with E-state index in [0.29, 0.717) is 22.2 Å². The van der Waals surface area contributed by atoms with E-state index >= 15 is 0 Å². The summed E-state index contributed by atoms with van der Waals surface area (Å²) in [5, 5.41) is 12.3. The Morgan fingerprint density at radius 3 is 2.68 bits per heavy atom. The molecule has 2 aromatic heterocycles. The van der Waals surface area contributed by atoms with Gasteiger partial charge in [-0.1, -0.05) is 23.9 Å². The highest BCUT2D eigenvalue weighted by atomic mass is 32.2. The molecule has 0 saturated heterocycles. The molecule has 2 aromatic carbocycles. The minimum Gasteiger partial charge on any atom is -0.457 e. The zero-order valence-corrected chi connectivity index (χ0v) is 21.7. The summed E-state index contributed by atoms with van der Waals surface area (Å²) >= 11 is 1.15. The molecule has 1 aliphatic rings. The Hall–Kier alpha value is -4.12. The molecule has 1 aliphatic heterocycles. The molecule has 3 heterocycles. The van der Waals surface area contributed by atoms with Crippen LogP contribution in [0.15, 0.2) is 47.6 Å². The summed E-state index contributed by atoms with van der Waals surface area (Å²) in [6, 6.07) is 13.4. The number of ketones is 1. The minimum atomic E-state index is -0.529. The van der Waals surface area contributed by atoms with Gasteiger partial charge >= 0.3 is 5.97 Å². The fourth-order valence-corrected chi connectivity index (χ4v) is 4.91. The number of nitrogens with zero attached hydrogens (tertiary/aromatic N) is 5. The quantitative estimate of drug-likeness (QED) is 0.194. The zero-order valence-electron chi connectivity index (χ0n) is 20.8. The van der Waals surface area contributed by atoms with E-state index in [-0.39, 0.29) is 24.9 Å². The number of hydrogen-bond acceptors (Lipinski definition) is 9. The van der Waals surface area contributed by atoms with Crippen molar-refractivity contribution >= 4 is 23.5 Å². The van der Waals surface area contributed by atoms with Crippen LogP contribution in [0.4, 0.5) is 0 Å². The Bertz CT molecular complexity index is 1510. The number of carbonyl (C=O) groups excluding carboxylic acids is 2. The van der Waals surface area contributed by atoms with E-state index in [1.54, 1.807) is 10.7 Å². The number of Topliss-reactive ketones (excluding diaryl/α,β-unsaturated/α-hetero) is 1. The van der Waals surface area contributed by atoms with Crippen LogP contribution >= 0.6 is 11.8 Å². The predicted octanol–water partition coefficient (Wildman–Crippen LogP) is 3.93. The van der Waals surface area contributed by atoms with Crippen molar-refractivity contribution < 1.29 is 23.8 Å². The second-order valence-electron chi connectivity index (χ2n) is 8.69. The van der Waals surface area contributed by atoms with Gasteiger partial charge in [0.05, 0.1) is 11.4 Å². The van der Waals surface area contributed by atoms with E-state index in [0.717, 1.165) is 45.7 Å². The van der Waals surface area contributed by atoms with Crippen molar-refractivity contribution in [2.45, 2.75) is 32.9 Å². The molecular formula is C26H25N5O5S. The van der Waals surface area contributed by atoms with Gasteiger partial charge < -0.3 is 18.8 Å².